The van der Waals surface area contributed by atoms with Crippen molar-refractivity contribution in [2.45, 2.75) is 84.5 Å². The lowest BCUT2D eigenvalue weighted by molar-refractivity contribution is -0.147. The van der Waals surface area contributed by atoms with Gasteiger partial charge in [-0.05, 0) is 45.4 Å². The van der Waals surface area contributed by atoms with Gasteiger partial charge in [0.25, 0.3) is 0 Å². The van der Waals surface area contributed by atoms with Crippen LogP contribution >= 0.6 is 0 Å². The first-order chi connectivity index (χ1) is 12.8. The second-order valence-corrected chi connectivity index (χ2v) is 7.23. The van der Waals surface area contributed by atoms with Crippen LogP contribution in [0.4, 0.5) is 0 Å². The van der Waals surface area contributed by atoms with Gasteiger partial charge in [0, 0.05) is 0 Å². The summed E-state index contributed by atoms with van der Waals surface area (Å²) >= 11 is 0. The predicted octanol–water partition coefficient (Wildman–Crippen LogP) is 1.58. The highest BCUT2D eigenvalue weighted by atomic mass is 16.4. The van der Waals surface area contributed by atoms with Crippen LogP contribution in [-0.4, -0.2) is 66.9 Å². The number of carbonyl (C=O) groups is 3. The Morgan fingerprint density at radius 1 is 0.643 bits per heavy atom. The number of hydrogen-bond donors (Lipinski definition) is 6. The van der Waals surface area contributed by atoms with Crippen LogP contribution in [0.1, 0.15) is 66.2 Å². The summed E-state index contributed by atoms with van der Waals surface area (Å²) in [6, 6.07) is 0. The summed E-state index contributed by atoms with van der Waals surface area (Å²) in [6.07, 6.45) is 0.103. The van der Waals surface area contributed by atoms with E-state index in [0.717, 1.165) is 0 Å². The second-order valence-electron chi connectivity index (χ2n) is 7.23. The zero-order valence-electron chi connectivity index (χ0n) is 17.1. The Morgan fingerprint density at radius 2 is 1.14 bits per heavy atom. The Morgan fingerprint density at radius 3 is 1.46 bits per heavy atom. The minimum atomic E-state index is -1.14. The molecule has 6 unspecified atom stereocenters. The van der Waals surface area contributed by atoms with Crippen molar-refractivity contribution in [2.75, 3.05) is 0 Å². The second kappa shape index (κ2) is 15.2. The zero-order valence-corrected chi connectivity index (χ0v) is 17.1. The van der Waals surface area contributed by atoms with Crippen LogP contribution in [0.2, 0.25) is 0 Å². The number of aliphatic hydroxyl groups excluding tert-OH is 3. The van der Waals surface area contributed by atoms with Crippen LogP contribution in [0, 0.1) is 17.8 Å². The first-order valence-electron chi connectivity index (χ1n) is 9.58. The Kier molecular flexibility index (Phi) is 15.5. The average molecular weight is 408 g/mol. The lowest BCUT2D eigenvalue weighted by Gasteiger charge is -2.18. The van der Waals surface area contributed by atoms with Gasteiger partial charge in [-0.1, -0.05) is 20.8 Å². The molecule has 0 aromatic rings. The highest BCUT2D eigenvalue weighted by molar-refractivity contribution is 5.75. The van der Waals surface area contributed by atoms with Crippen molar-refractivity contribution in [3.63, 3.8) is 0 Å². The van der Waals surface area contributed by atoms with Gasteiger partial charge < -0.3 is 30.6 Å². The Bertz CT molecular complexity index is 464. The molecule has 0 saturated carbocycles. The molecule has 0 fully saturated rings. The number of aliphatic hydroxyl groups is 3. The largest absolute Gasteiger partial charge is 0.481 e. The molecule has 0 bridgehead atoms. The van der Waals surface area contributed by atoms with Crippen LogP contribution < -0.4 is 0 Å². The fourth-order valence-corrected chi connectivity index (χ4v) is 2.58. The summed E-state index contributed by atoms with van der Waals surface area (Å²) in [4.78, 5) is 32.4. The Balaban J connectivity index is 0. The van der Waals surface area contributed by atoms with Crippen molar-refractivity contribution in [3.05, 3.63) is 0 Å². The van der Waals surface area contributed by atoms with Crippen LogP contribution in [0.25, 0.3) is 0 Å². The molecule has 0 aliphatic carbocycles. The van der Waals surface area contributed by atoms with Gasteiger partial charge in [-0.15, -0.1) is 0 Å². The van der Waals surface area contributed by atoms with Gasteiger partial charge in [-0.3, -0.25) is 14.4 Å². The van der Waals surface area contributed by atoms with E-state index >= 15 is 0 Å². The third-order valence-corrected chi connectivity index (χ3v) is 4.45. The summed E-state index contributed by atoms with van der Waals surface area (Å²) in [5.74, 6) is -5.71. The molecule has 0 spiro atoms. The molecule has 166 valence electrons. The Hall–Kier alpha value is -1.71. The molecule has 0 aliphatic rings. The number of aliphatic carboxylic acids is 3. The van der Waals surface area contributed by atoms with E-state index in [1.807, 2.05) is 6.92 Å². The molecular weight excluding hydrogens is 372 g/mol. The molecule has 0 radical (unpaired) electrons. The van der Waals surface area contributed by atoms with Gasteiger partial charge in [0.2, 0.25) is 0 Å². The van der Waals surface area contributed by atoms with E-state index in [-0.39, 0.29) is 12.8 Å². The third-order valence-electron chi connectivity index (χ3n) is 4.45. The molecule has 9 nitrogen and oxygen atoms in total. The predicted molar refractivity (Wildman–Crippen MR) is 102 cm³/mol. The van der Waals surface area contributed by atoms with Crippen LogP contribution in [-0.2, 0) is 14.4 Å². The molecule has 0 aromatic carbocycles. The quantitative estimate of drug-likeness (QED) is 0.264. The van der Waals surface area contributed by atoms with E-state index in [4.69, 9.17) is 25.5 Å². The van der Waals surface area contributed by atoms with E-state index in [9.17, 15) is 19.5 Å². The van der Waals surface area contributed by atoms with Gasteiger partial charge in [-0.2, -0.15) is 0 Å². The first kappa shape index (κ1) is 28.5. The molecular formula is C19H36O9. The summed E-state index contributed by atoms with van der Waals surface area (Å²) in [5.41, 5.74) is 0. The fraction of sp³-hybridized carbons (Fsp3) is 0.842. The molecule has 6 N–H and O–H groups in total. The standard InChI is InChI=1S/C11H18O6.C8H18O3/c1-3-7(10(14)15)5-8(11(16)17)4-6(2)9(12)13;1-3-7(10)5-8(11)4-6(2)9/h6-8H,3-5H2,1-2H3,(H,12,13)(H,14,15)(H,16,17);6-11H,3-5H2,1-2H3. The molecule has 9 heteroatoms. The van der Waals surface area contributed by atoms with E-state index in [1.54, 1.807) is 13.8 Å². The average Bonchev–Trinajstić information content (AvgIpc) is 2.57. The summed E-state index contributed by atoms with van der Waals surface area (Å²) in [6.45, 7) is 6.57. The molecule has 0 aliphatic heterocycles. The third kappa shape index (κ3) is 14.4. The molecule has 28 heavy (non-hydrogen) atoms. The van der Waals surface area contributed by atoms with Crippen molar-refractivity contribution < 1.29 is 45.0 Å². The minimum absolute atomic E-state index is 0.0290. The van der Waals surface area contributed by atoms with Crippen molar-refractivity contribution in [3.8, 4) is 0 Å². The van der Waals surface area contributed by atoms with Crippen LogP contribution in [0.3, 0.4) is 0 Å². The fourth-order valence-electron chi connectivity index (χ4n) is 2.58. The molecule has 0 aromatic heterocycles. The lowest BCUT2D eigenvalue weighted by Crippen LogP contribution is -2.26. The van der Waals surface area contributed by atoms with Crippen LogP contribution in [0.15, 0.2) is 0 Å². The van der Waals surface area contributed by atoms with E-state index in [0.29, 0.717) is 25.7 Å². The molecule has 0 heterocycles. The van der Waals surface area contributed by atoms with Gasteiger partial charge in [0.05, 0.1) is 36.1 Å². The minimum Gasteiger partial charge on any atom is -0.481 e. The first-order valence-corrected chi connectivity index (χ1v) is 9.58. The maximum atomic E-state index is 10.9. The SMILES string of the molecule is CCC(CC(CC(C)C(=O)O)C(=O)O)C(=O)O.CCC(O)CC(O)CC(C)O. The van der Waals surface area contributed by atoms with Gasteiger partial charge >= 0.3 is 17.9 Å². The van der Waals surface area contributed by atoms with Crippen molar-refractivity contribution >= 4 is 17.9 Å². The van der Waals surface area contributed by atoms with E-state index in [2.05, 4.69) is 0 Å². The topological polar surface area (TPSA) is 173 Å². The summed E-state index contributed by atoms with van der Waals surface area (Å²) in [5, 5.41) is 53.7. The highest BCUT2D eigenvalue weighted by Gasteiger charge is 2.29. The Labute approximate surface area is 166 Å². The van der Waals surface area contributed by atoms with E-state index < -0.39 is 54.0 Å². The summed E-state index contributed by atoms with van der Waals surface area (Å²) in [7, 11) is 0. The normalized spacial score (nSPS) is 17.2. The van der Waals surface area contributed by atoms with Crippen molar-refractivity contribution in [1.82, 2.24) is 0 Å². The number of rotatable bonds is 13. The lowest BCUT2D eigenvalue weighted by atomic mass is 9.86. The molecule has 0 rings (SSSR count). The summed E-state index contributed by atoms with van der Waals surface area (Å²) < 4.78 is 0. The number of carboxylic acids is 3. The van der Waals surface area contributed by atoms with Crippen molar-refractivity contribution in [2.24, 2.45) is 17.8 Å². The van der Waals surface area contributed by atoms with Crippen LogP contribution in [0.5, 0.6) is 0 Å². The van der Waals surface area contributed by atoms with Gasteiger partial charge in [0.15, 0.2) is 0 Å². The zero-order chi connectivity index (χ0) is 22.4. The molecule has 0 saturated heterocycles. The van der Waals surface area contributed by atoms with Gasteiger partial charge in [-0.25, -0.2) is 0 Å². The smallest absolute Gasteiger partial charge is 0.306 e. The number of hydrogen-bond acceptors (Lipinski definition) is 6. The highest BCUT2D eigenvalue weighted by Crippen LogP contribution is 2.23. The van der Waals surface area contributed by atoms with Gasteiger partial charge in [0.1, 0.15) is 0 Å². The molecule has 6 atom stereocenters. The maximum Gasteiger partial charge on any atom is 0.306 e. The number of carboxylic acid groups (broad SMARTS) is 3. The van der Waals surface area contributed by atoms with E-state index in [1.165, 1.54) is 6.92 Å². The maximum absolute atomic E-state index is 10.9. The monoisotopic (exact) mass is 408 g/mol. The molecule has 0 amide bonds. The van der Waals surface area contributed by atoms with Crippen molar-refractivity contribution in [1.29, 1.82) is 0 Å².